The normalized spacial score (nSPS) is 11.5. The van der Waals surface area contributed by atoms with Crippen LogP contribution in [0.2, 0.25) is 0 Å². The van der Waals surface area contributed by atoms with Crippen molar-refractivity contribution in [2.24, 2.45) is 0 Å². The number of halogens is 1. The lowest BCUT2D eigenvalue weighted by Crippen LogP contribution is -2.27. The van der Waals surface area contributed by atoms with Crippen molar-refractivity contribution >= 4 is 27.1 Å². The number of Topliss-reactive ketones (excluding diaryl/α,β-unsaturated/α-hetero) is 1. The van der Waals surface area contributed by atoms with Crippen molar-refractivity contribution < 1.29 is 17.6 Å². The molecule has 2 aromatic rings. The molecule has 2 rings (SSSR count). The number of carbonyl (C=O) groups excluding carboxylic acids is 1. The molecule has 0 aliphatic rings. The van der Waals surface area contributed by atoms with Crippen molar-refractivity contribution in [3.05, 3.63) is 57.5 Å². The topological polar surface area (TPSA) is 63.2 Å². The van der Waals surface area contributed by atoms with Gasteiger partial charge in [0.25, 0.3) is 0 Å². The third-order valence-corrected chi connectivity index (χ3v) is 5.55. The van der Waals surface area contributed by atoms with Crippen LogP contribution in [0.3, 0.4) is 0 Å². The minimum Gasteiger partial charge on any atom is -0.294 e. The zero-order chi connectivity index (χ0) is 16.2. The lowest BCUT2D eigenvalue weighted by Gasteiger charge is -2.06. The van der Waals surface area contributed by atoms with E-state index in [9.17, 15) is 17.6 Å². The van der Waals surface area contributed by atoms with Crippen LogP contribution in [0.4, 0.5) is 4.39 Å². The molecule has 0 saturated heterocycles. The molecule has 1 aromatic heterocycles. The van der Waals surface area contributed by atoms with Crippen molar-refractivity contribution in [2.75, 3.05) is 6.54 Å². The molecule has 1 N–H and O–H groups in total. The number of hydrogen-bond donors (Lipinski definition) is 1. The molecule has 0 aliphatic heterocycles. The number of rotatable bonds is 7. The first-order valence-corrected chi connectivity index (χ1v) is 9.14. The first-order chi connectivity index (χ1) is 10.4. The van der Waals surface area contributed by atoms with Gasteiger partial charge in [0, 0.05) is 11.4 Å². The summed E-state index contributed by atoms with van der Waals surface area (Å²) in [6.45, 7) is 1.74. The highest BCUT2D eigenvalue weighted by Gasteiger charge is 2.12. The fourth-order valence-corrected chi connectivity index (χ4v) is 3.96. The summed E-state index contributed by atoms with van der Waals surface area (Å²) in [6, 6.07) is 9.09. The highest BCUT2D eigenvalue weighted by molar-refractivity contribution is 7.88. The summed E-state index contributed by atoms with van der Waals surface area (Å²) in [6.07, 6.45) is 0.514. The maximum Gasteiger partial charge on any atom is 0.215 e. The SMILES string of the molecule is CC(=O)c1ccc(CCNS(=O)(=O)Cc2cccc(F)c2)s1. The van der Waals surface area contributed by atoms with Crippen molar-refractivity contribution in [3.8, 4) is 0 Å². The van der Waals surface area contributed by atoms with Gasteiger partial charge in [-0.05, 0) is 43.2 Å². The quantitative estimate of drug-likeness (QED) is 0.788. The maximum absolute atomic E-state index is 13.0. The number of hydrogen-bond acceptors (Lipinski definition) is 4. The molecule has 0 bridgehead atoms. The lowest BCUT2D eigenvalue weighted by atomic mass is 10.2. The van der Waals surface area contributed by atoms with Crippen molar-refractivity contribution in [2.45, 2.75) is 19.1 Å². The molecule has 1 aromatic carbocycles. The fourth-order valence-electron chi connectivity index (χ4n) is 1.93. The van der Waals surface area contributed by atoms with Crippen LogP contribution in [-0.4, -0.2) is 20.7 Å². The minimum absolute atomic E-state index is 0.00272. The van der Waals surface area contributed by atoms with Gasteiger partial charge >= 0.3 is 0 Å². The average molecular weight is 341 g/mol. The largest absolute Gasteiger partial charge is 0.294 e. The van der Waals surface area contributed by atoms with Gasteiger partial charge in [-0.1, -0.05) is 12.1 Å². The van der Waals surface area contributed by atoms with Crippen LogP contribution in [0.15, 0.2) is 36.4 Å². The van der Waals surface area contributed by atoms with Gasteiger partial charge in [-0.15, -0.1) is 11.3 Å². The Morgan fingerprint density at radius 3 is 2.68 bits per heavy atom. The molecule has 0 atom stereocenters. The molecular weight excluding hydrogens is 325 g/mol. The van der Waals surface area contributed by atoms with Crippen LogP contribution in [0.5, 0.6) is 0 Å². The number of ketones is 1. The smallest absolute Gasteiger partial charge is 0.215 e. The summed E-state index contributed by atoms with van der Waals surface area (Å²) in [5, 5.41) is 0. The first-order valence-electron chi connectivity index (χ1n) is 6.67. The summed E-state index contributed by atoms with van der Waals surface area (Å²) in [7, 11) is -3.51. The summed E-state index contributed by atoms with van der Waals surface area (Å²) in [4.78, 5) is 12.8. The van der Waals surface area contributed by atoms with Crippen LogP contribution in [0, 0.1) is 5.82 Å². The Morgan fingerprint density at radius 2 is 2.05 bits per heavy atom. The van der Waals surface area contributed by atoms with Gasteiger partial charge in [0.15, 0.2) is 5.78 Å². The molecule has 1 heterocycles. The number of nitrogens with one attached hydrogen (secondary N) is 1. The highest BCUT2D eigenvalue weighted by Crippen LogP contribution is 2.17. The van der Waals surface area contributed by atoms with Crippen molar-refractivity contribution in [1.82, 2.24) is 4.72 Å². The summed E-state index contributed by atoms with van der Waals surface area (Å²) in [5.41, 5.74) is 0.405. The molecule has 0 spiro atoms. The number of thiophene rings is 1. The van der Waals surface area contributed by atoms with Crippen molar-refractivity contribution in [1.29, 1.82) is 0 Å². The molecule has 0 aliphatic carbocycles. The molecular formula is C15H16FNO3S2. The van der Waals surface area contributed by atoms with Crippen LogP contribution in [0.25, 0.3) is 0 Å². The lowest BCUT2D eigenvalue weighted by molar-refractivity contribution is 0.102. The molecule has 0 saturated carbocycles. The molecule has 0 fully saturated rings. The van der Waals surface area contributed by atoms with E-state index in [0.717, 1.165) is 4.88 Å². The Labute approximate surface area is 133 Å². The third-order valence-electron chi connectivity index (χ3n) is 2.95. The summed E-state index contributed by atoms with van der Waals surface area (Å²) in [5.74, 6) is -0.709. The van der Waals surface area contributed by atoms with Gasteiger partial charge in [-0.2, -0.15) is 0 Å². The van der Waals surface area contributed by atoms with E-state index in [1.165, 1.54) is 36.5 Å². The Balaban J connectivity index is 1.88. The van der Waals surface area contributed by atoms with E-state index in [1.54, 1.807) is 12.1 Å². The summed E-state index contributed by atoms with van der Waals surface area (Å²) < 4.78 is 39.4. The summed E-state index contributed by atoms with van der Waals surface area (Å²) >= 11 is 1.36. The van der Waals surface area contributed by atoms with Crippen LogP contribution in [-0.2, 0) is 22.2 Å². The van der Waals surface area contributed by atoms with Crippen LogP contribution in [0.1, 0.15) is 27.0 Å². The monoisotopic (exact) mass is 341 g/mol. The Bertz CT molecular complexity index is 769. The third kappa shape index (κ3) is 5.01. The molecule has 7 heteroatoms. The van der Waals surface area contributed by atoms with Gasteiger partial charge in [0.2, 0.25) is 10.0 Å². The Morgan fingerprint density at radius 1 is 1.27 bits per heavy atom. The first kappa shape index (κ1) is 16.8. The van der Waals surface area contributed by atoms with Crippen LogP contribution >= 0.6 is 11.3 Å². The van der Waals surface area contributed by atoms with Gasteiger partial charge < -0.3 is 0 Å². The van der Waals surface area contributed by atoms with E-state index in [4.69, 9.17) is 0 Å². The van der Waals surface area contributed by atoms with E-state index in [1.807, 2.05) is 6.07 Å². The predicted octanol–water partition coefficient (Wildman–Crippen LogP) is 2.75. The molecule has 0 radical (unpaired) electrons. The average Bonchev–Trinajstić information content (AvgIpc) is 2.87. The van der Waals surface area contributed by atoms with E-state index in [2.05, 4.69) is 4.72 Å². The molecule has 0 unspecified atom stereocenters. The van der Waals surface area contributed by atoms with E-state index in [-0.39, 0.29) is 18.1 Å². The van der Waals surface area contributed by atoms with Gasteiger partial charge in [-0.3, -0.25) is 4.79 Å². The highest BCUT2D eigenvalue weighted by atomic mass is 32.2. The molecule has 22 heavy (non-hydrogen) atoms. The van der Waals surface area contributed by atoms with E-state index in [0.29, 0.717) is 16.9 Å². The predicted molar refractivity (Wildman–Crippen MR) is 85.1 cm³/mol. The second-order valence-electron chi connectivity index (χ2n) is 4.86. The Kier molecular flexibility index (Phi) is 5.44. The number of carbonyl (C=O) groups is 1. The number of benzene rings is 1. The van der Waals surface area contributed by atoms with E-state index < -0.39 is 15.8 Å². The minimum atomic E-state index is -3.51. The number of sulfonamides is 1. The van der Waals surface area contributed by atoms with Gasteiger partial charge in [0.1, 0.15) is 5.82 Å². The van der Waals surface area contributed by atoms with Crippen LogP contribution < -0.4 is 4.72 Å². The van der Waals surface area contributed by atoms with Gasteiger partial charge in [-0.25, -0.2) is 17.5 Å². The molecule has 0 amide bonds. The zero-order valence-electron chi connectivity index (χ0n) is 12.0. The standard InChI is InChI=1S/C15H16FNO3S2/c1-11(18)15-6-5-14(21-15)7-8-17-22(19,20)10-12-3-2-4-13(16)9-12/h2-6,9,17H,7-8,10H2,1H3. The second kappa shape index (κ2) is 7.13. The zero-order valence-corrected chi connectivity index (χ0v) is 13.6. The maximum atomic E-state index is 13.0. The van der Waals surface area contributed by atoms with Crippen molar-refractivity contribution in [3.63, 3.8) is 0 Å². The second-order valence-corrected chi connectivity index (χ2v) is 7.83. The fraction of sp³-hybridized carbons (Fsp3) is 0.267. The van der Waals surface area contributed by atoms with E-state index >= 15 is 0 Å². The molecule has 4 nitrogen and oxygen atoms in total. The molecule has 118 valence electrons. The Hall–Kier alpha value is -1.57. The van der Waals surface area contributed by atoms with Gasteiger partial charge in [0.05, 0.1) is 10.6 Å².